The normalized spacial score (nSPS) is 12.0. The van der Waals surface area contributed by atoms with E-state index < -0.39 is 0 Å². The molecule has 0 spiro atoms. The second-order valence-electron chi connectivity index (χ2n) is 5.14. The summed E-state index contributed by atoms with van der Waals surface area (Å²) in [6.07, 6.45) is 3.47. The molecule has 84 valence electrons. The minimum absolute atomic E-state index is 0.00505. The third kappa shape index (κ3) is 1.73. The lowest BCUT2D eigenvalue weighted by atomic mass is 9.91. The van der Waals surface area contributed by atoms with Crippen LogP contribution in [0.1, 0.15) is 26.5 Å². The molecule has 0 unspecified atom stereocenters. The lowest BCUT2D eigenvalue weighted by Gasteiger charge is -2.17. The van der Waals surface area contributed by atoms with Crippen LogP contribution in [-0.2, 0) is 12.5 Å². The zero-order valence-electron chi connectivity index (χ0n) is 10.1. The van der Waals surface area contributed by atoms with E-state index in [1.165, 1.54) is 0 Å². The van der Waals surface area contributed by atoms with Crippen molar-refractivity contribution in [2.45, 2.75) is 26.2 Å². The smallest absolute Gasteiger partial charge is 0.259 e. The highest BCUT2D eigenvalue weighted by atomic mass is 16.1. The van der Waals surface area contributed by atoms with Gasteiger partial charge in [-0.25, -0.2) is 0 Å². The molecule has 3 nitrogen and oxygen atoms in total. The second-order valence-corrected chi connectivity index (χ2v) is 5.14. The van der Waals surface area contributed by atoms with Crippen molar-refractivity contribution in [3.63, 3.8) is 0 Å². The van der Waals surface area contributed by atoms with Crippen molar-refractivity contribution in [1.29, 1.82) is 0 Å². The summed E-state index contributed by atoms with van der Waals surface area (Å²) in [7, 11) is 1.75. The van der Waals surface area contributed by atoms with E-state index in [-0.39, 0.29) is 11.0 Å². The molecule has 16 heavy (non-hydrogen) atoms. The molecule has 3 heteroatoms. The van der Waals surface area contributed by atoms with Crippen LogP contribution >= 0.6 is 0 Å². The maximum absolute atomic E-state index is 11.8. The fourth-order valence-electron chi connectivity index (χ4n) is 1.65. The Labute approximate surface area is 94.7 Å². The largest absolute Gasteiger partial charge is 0.318 e. The fraction of sp³-hybridized carbons (Fsp3) is 0.385. The van der Waals surface area contributed by atoms with E-state index in [1.807, 2.05) is 12.1 Å². The molecule has 0 aliphatic carbocycles. The van der Waals surface area contributed by atoms with Crippen molar-refractivity contribution >= 4 is 10.8 Å². The van der Waals surface area contributed by atoms with Gasteiger partial charge in [0, 0.05) is 30.6 Å². The maximum Gasteiger partial charge on any atom is 0.259 e. The Morgan fingerprint density at radius 1 is 1.31 bits per heavy atom. The molecule has 0 saturated carbocycles. The van der Waals surface area contributed by atoms with E-state index in [2.05, 4.69) is 25.8 Å². The number of hydrogen-bond acceptors (Lipinski definition) is 2. The number of rotatable bonds is 0. The van der Waals surface area contributed by atoms with Crippen LogP contribution in [0.4, 0.5) is 0 Å². The molecule has 0 saturated heterocycles. The summed E-state index contributed by atoms with van der Waals surface area (Å²) < 4.78 is 1.57. The summed E-state index contributed by atoms with van der Waals surface area (Å²) >= 11 is 0. The van der Waals surface area contributed by atoms with Crippen LogP contribution in [0.15, 0.2) is 29.3 Å². The van der Waals surface area contributed by atoms with Crippen molar-refractivity contribution in [3.8, 4) is 0 Å². The Morgan fingerprint density at radius 3 is 2.62 bits per heavy atom. The first kappa shape index (κ1) is 10.9. The molecule has 2 rings (SSSR count). The van der Waals surface area contributed by atoms with Gasteiger partial charge in [0.25, 0.3) is 5.56 Å². The standard InChI is InChI=1S/C13H16N2O/c1-13(2,3)11-7-9-5-6-15(4)12(16)10(9)8-14-11/h5-8H,1-4H3. The molecule has 0 aromatic carbocycles. The van der Waals surface area contributed by atoms with E-state index in [4.69, 9.17) is 0 Å². The third-order valence-electron chi connectivity index (χ3n) is 2.73. The zero-order valence-corrected chi connectivity index (χ0v) is 10.1. The molecule has 0 amide bonds. The number of nitrogens with zero attached hydrogens (tertiary/aromatic N) is 2. The SMILES string of the molecule is Cn1ccc2cc(C(C)(C)C)ncc2c1=O. The topological polar surface area (TPSA) is 34.9 Å². The van der Waals surface area contributed by atoms with Gasteiger partial charge in [-0.3, -0.25) is 9.78 Å². The van der Waals surface area contributed by atoms with E-state index >= 15 is 0 Å². The Hall–Kier alpha value is -1.64. The first-order valence-corrected chi connectivity index (χ1v) is 5.35. The molecule has 2 heterocycles. The lowest BCUT2D eigenvalue weighted by Crippen LogP contribution is -2.18. The average Bonchev–Trinajstić information content (AvgIpc) is 2.22. The van der Waals surface area contributed by atoms with Crippen molar-refractivity contribution in [2.75, 3.05) is 0 Å². The van der Waals surface area contributed by atoms with Crippen LogP contribution in [0.5, 0.6) is 0 Å². The summed E-state index contributed by atoms with van der Waals surface area (Å²) in [6, 6.07) is 3.95. The van der Waals surface area contributed by atoms with Gasteiger partial charge in [0.2, 0.25) is 0 Å². The molecule has 2 aromatic heterocycles. The number of hydrogen-bond donors (Lipinski definition) is 0. The molecule has 0 fully saturated rings. The van der Waals surface area contributed by atoms with Gasteiger partial charge < -0.3 is 4.57 Å². The summed E-state index contributed by atoms with van der Waals surface area (Å²) in [4.78, 5) is 16.2. The van der Waals surface area contributed by atoms with Crippen molar-refractivity contribution in [3.05, 3.63) is 40.6 Å². The quantitative estimate of drug-likeness (QED) is 0.677. The summed E-state index contributed by atoms with van der Waals surface area (Å²) in [6.45, 7) is 6.34. The van der Waals surface area contributed by atoms with Gasteiger partial charge in [-0.1, -0.05) is 20.8 Å². The maximum atomic E-state index is 11.8. The van der Waals surface area contributed by atoms with Crippen LogP contribution in [0.3, 0.4) is 0 Å². The second kappa shape index (κ2) is 3.44. The van der Waals surface area contributed by atoms with Crippen molar-refractivity contribution in [2.24, 2.45) is 7.05 Å². The number of fused-ring (bicyclic) bond motifs is 1. The van der Waals surface area contributed by atoms with E-state index in [9.17, 15) is 4.79 Å². The molecule has 2 aromatic rings. The first-order chi connectivity index (χ1) is 7.39. The Balaban J connectivity index is 2.75. The molecule has 0 radical (unpaired) electrons. The van der Waals surface area contributed by atoms with Crippen molar-refractivity contribution in [1.82, 2.24) is 9.55 Å². The van der Waals surface area contributed by atoms with Gasteiger partial charge in [-0.2, -0.15) is 0 Å². The lowest BCUT2D eigenvalue weighted by molar-refractivity contribution is 0.570. The van der Waals surface area contributed by atoms with Gasteiger partial charge in [0.05, 0.1) is 5.39 Å². The molecule has 0 aliphatic heterocycles. The predicted octanol–water partition coefficient (Wildman–Crippen LogP) is 2.23. The highest BCUT2D eigenvalue weighted by Crippen LogP contribution is 2.22. The highest BCUT2D eigenvalue weighted by molar-refractivity contribution is 5.80. The van der Waals surface area contributed by atoms with Crippen LogP contribution in [0, 0.1) is 0 Å². The molecular formula is C13H16N2O. The van der Waals surface area contributed by atoms with Crippen LogP contribution < -0.4 is 5.56 Å². The van der Waals surface area contributed by atoms with E-state index in [0.717, 1.165) is 11.1 Å². The minimum Gasteiger partial charge on any atom is -0.318 e. The summed E-state index contributed by atoms with van der Waals surface area (Å²) in [5.74, 6) is 0. The van der Waals surface area contributed by atoms with Gasteiger partial charge in [0.15, 0.2) is 0 Å². The molecule has 0 bridgehead atoms. The zero-order chi connectivity index (χ0) is 11.9. The Kier molecular flexibility index (Phi) is 2.34. The predicted molar refractivity (Wildman–Crippen MR) is 65.7 cm³/mol. The highest BCUT2D eigenvalue weighted by Gasteiger charge is 2.15. The first-order valence-electron chi connectivity index (χ1n) is 5.35. The number of aryl methyl sites for hydroxylation is 1. The van der Waals surface area contributed by atoms with Crippen LogP contribution in [0.25, 0.3) is 10.8 Å². The minimum atomic E-state index is 0.00505. The Morgan fingerprint density at radius 2 is 2.00 bits per heavy atom. The van der Waals surface area contributed by atoms with Crippen LogP contribution in [0.2, 0.25) is 0 Å². The van der Waals surface area contributed by atoms with E-state index in [1.54, 1.807) is 24.0 Å². The number of aromatic nitrogens is 2. The monoisotopic (exact) mass is 216 g/mol. The average molecular weight is 216 g/mol. The van der Waals surface area contributed by atoms with Crippen LogP contribution in [-0.4, -0.2) is 9.55 Å². The summed E-state index contributed by atoms with van der Waals surface area (Å²) in [5, 5.41) is 1.64. The summed E-state index contributed by atoms with van der Waals surface area (Å²) in [5.41, 5.74) is 1.02. The van der Waals surface area contributed by atoms with Gasteiger partial charge in [0.1, 0.15) is 0 Å². The number of pyridine rings is 2. The molecule has 0 aliphatic rings. The third-order valence-corrected chi connectivity index (χ3v) is 2.73. The van der Waals surface area contributed by atoms with Gasteiger partial charge >= 0.3 is 0 Å². The molecule has 0 atom stereocenters. The van der Waals surface area contributed by atoms with Crippen molar-refractivity contribution < 1.29 is 0 Å². The Bertz CT molecular complexity index is 591. The fourth-order valence-corrected chi connectivity index (χ4v) is 1.65. The molecular weight excluding hydrogens is 200 g/mol. The van der Waals surface area contributed by atoms with E-state index in [0.29, 0.717) is 5.39 Å². The molecule has 0 N–H and O–H groups in total. The van der Waals surface area contributed by atoms with Gasteiger partial charge in [-0.05, 0) is 17.5 Å². The van der Waals surface area contributed by atoms with Gasteiger partial charge in [-0.15, -0.1) is 0 Å².